The summed E-state index contributed by atoms with van der Waals surface area (Å²) in [4.78, 5) is 25.9. The normalized spacial score (nSPS) is 13.4. The van der Waals surface area contributed by atoms with E-state index in [1.165, 1.54) is 4.90 Å². The second kappa shape index (κ2) is 9.56. The maximum absolute atomic E-state index is 12.7. The van der Waals surface area contributed by atoms with Crippen molar-refractivity contribution in [3.63, 3.8) is 0 Å². The van der Waals surface area contributed by atoms with Gasteiger partial charge in [0.2, 0.25) is 0 Å². The van der Waals surface area contributed by atoms with Gasteiger partial charge in [0.25, 0.3) is 0 Å². The number of carbonyl (C=O) groups excluding carboxylic acids is 1. The van der Waals surface area contributed by atoms with Gasteiger partial charge in [0, 0.05) is 25.9 Å². The van der Waals surface area contributed by atoms with Crippen molar-refractivity contribution >= 4 is 12.1 Å². The smallest absolute Gasteiger partial charge is 0.410 e. The van der Waals surface area contributed by atoms with Gasteiger partial charge >= 0.3 is 12.1 Å². The predicted octanol–water partition coefficient (Wildman–Crippen LogP) is 3.87. The third-order valence-electron chi connectivity index (χ3n) is 4.40. The van der Waals surface area contributed by atoms with Crippen LogP contribution in [0.2, 0.25) is 0 Å². The van der Waals surface area contributed by atoms with Crippen LogP contribution in [-0.2, 0) is 22.5 Å². The van der Waals surface area contributed by atoms with Crippen LogP contribution in [0.25, 0.3) is 0 Å². The summed E-state index contributed by atoms with van der Waals surface area (Å²) in [5.41, 5.74) is -1.07. The molecule has 1 amide bonds. The lowest BCUT2D eigenvalue weighted by molar-refractivity contribution is -0.159. The standard InChI is InChI=1S/C23H29NO5/c1-22(2,3)29-21(27)24(17-19-12-8-5-9-13-19)15-14-23(28,20(25)26)16-18-10-6-4-7-11-18/h4-13,28H,14-17H2,1-3H3,(H,25,26)/t23-/m0/s1. The lowest BCUT2D eigenvalue weighted by atomic mass is 9.91. The summed E-state index contributed by atoms with van der Waals surface area (Å²) in [6, 6.07) is 18.3. The molecule has 1 atom stereocenters. The molecule has 2 N–H and O–H groups in total. The molecule has 0 aromatic heterocycles. The summed E-state index contributed by atoms with van der Waals surface area (Å²) >= 11 is 0. The first-order valence-electron chi connectivity index (χ1n) is 9.61. The molecule has 6 nitrogen and oxygen atoms in total. The average molecular weight is 399 g/mol. The molecule has 0 bridgehead atoms. The molecule has 0 aliphatic heterocycles. The third kappa shape index (κ3) is 7.23. The Balaban J connectivity index is 2.16. The molecule has 0 unspecified atom stereocenters. The number of rotatable bonds is 8. The zero-order valence-corrected chi connectivity index (χ0v) is 17.2. The molecule has 0 aliphatic rings. The number of amides is 1. The molecular weight excluding hydrogens is 370 g/mol. The van der Waals surface area contributed by atoms with Crippen LogP contribution in [-0.4, -0.2) is 44.9 Å². The molecule has 0 radical (unpaired) electrons. The molecule has 0 fully saturated rings. The highest BCUT2D eigenvalue weighted by molar-refractivity contribution is 5.77. The summed E-state index contributed by atoms with van der Waals surface area (Å²) in [5.74, 6) is -1.31. The van der Waals surface area contributed by atoms with Gasteiger partial charge in [0.05, 0.1) is 0 Å². The largest absolute Gasteiger partial charge is 0.479 e. The molecule has 2 aromatic rings. The summed E-state index contributed by atoms with van der Waals surface area (Å²) in [5, 5.41) is 20.4. The SMILES string of the molecule is CC(C)(C)OC(=O)N(CC[C@](O)(Cc1ccccc1)C(=O)O)Cc1ccccc1. The maximum Gasteiger partial charge on any atom is 0.410 e. The van der Waals surface area contributed by atoms with Crippen LogP contribution in [0.1, 0.15) is 38.3 Å². The minimum Gasteiger partial charge on any atom is -0.479 e. The summed E-state index contributed by atoms with van der Waals surface area (Å²) in [6.07, 6.45) is -0.714. The highest BCUT2D eigenvalue weighted by atomic mass is 16.6. The van der Waals surface area contributed by atoms with Crippen LogP contribution in [0.4, 0.5) is 4.79 Å². The van der Waals surface area contributed by atoms with E-state index in [1.807, 2.05) is 36.4 Å². The van der Waals surface area contributed by atoms with Crippen molar-refractivity contribution < 1.29 is 24.5 Å². The molecule has 29 heavy (non-hydrogen) atoms. The van der Waals surface area contributed by atoms with E-state index < -0.39 is 23.3 Å². The van der Waals surface area contributed by atoms with Gasteiger partial charge < -0.3 is 19.8 Å². The topological polar surface area (TPSA) is 87.1 Å². The monoisotopic (exact) mass is 399 g/mol. The first kappa shape index (κ1) is 22.4. The Morgan fingerprint density at radius 1 is 0.931 bits per heavy atom. The fourth-order valence-corrected chi connectivity index (χ4v) is 2.89. The fourth-order valence-electron chi connectivity index (χ4n) is 2.89. The molecule has 2 rings (SSSR count). The minimum absolute atomic E-state index is 0.0411. The van der Waals surface area contributed by atoms with E-state index in [-0.39, 0.29) is 25.9 Å². The van der Waals surface area contributed by atoms with E-state index in [4.69, 9.17) is 4.74 Å². The summed E-state index contributed by atoms with van der Waals surface area (Å²) < 4.78 is 5.47. The Bertz CT molecular complexity index is 801. The van der Waals surface area contributed by atoms with Crippen molar-refractivity contribution in [1.82, 2.24) is 4.90 Å². The number of benzene rings is 2. The van der Waals surface area contributed by atoms with Crippen LogP contribution < -0.4 is 0 Å². The number of carboxylic acids is 1. The number of carboxylic acid groups (broad SMARTS) is 1. The second-order valence-electron chi connectivity index (χ2n) is 8.14. The van der Waals surface area contributed by atoms with E-state index in [1.54, 1.807) is 45.0 Å². The second-order valence-corrected chi connectivity index (χ2v) is 8.14. The van der Waals surface area contributed by atoms with E-state index in [0.717, 1.165) is 5.56 Å². The molecule has 0 saturated carbocycles. The van der Waals surface area contributed by atoms with Gasteiger partial charge in [0.15, 0.2) is 5.60 Å². The highest BCUT2D eigenvalue weighted by Gasteiger charge is 2.37. The van der Waals surface area contributed by atoms with E-state index in [0.29, 0.717) is 5.56 Å². The van der Waals surface area contributed by atoms with Gasteiger partial charge in [-0.3, -0.25) is 0 Å². The molecule has 0 spiro atoms. The lowest BCUT2D eigenvalue weighted by Gasteiger charge is -2.30. The van der Waals surface area contributed by atoms with Crippen molar-refractivity contribution in [2.24, 2.45) is 0 Å². The number of aliphatic hydroxyl groups is 1. The molecule has 0 heterocycles. The van der Waals surface area contributed by atoms with Crippen molar-refractivity contribution in [3.8, 4) is 0 Å². The molecule has 156 valence electrons. The van der Waals surface area contributed by atoms with E-state index in [9.17, 15) is 19.8 Å². The van der Waals surface area contributed by atoms with Crippen LogP contribution in [0, 0.1) is 0 Å². The van der Waals surface area contributed by atoms with Gasteiger partial charge in [-0.1, -0.05) is 60.7 Å². The number of hydrogen-bond acceptors (Lipinski definition) is 4. The van der Waals surface area contributed by atoms with E-state index >= 15 is 0 Å². The van der Waals surface area contributed by atoms with E-state index in [2.05, 4.69) is 0 Å². The zero-order valence-electron chi connectivity index (χ0n) is 17.2. The lowest BCUT2D eigenvalue weighted by Crippen LogP contribution is -2.45. The third-order valence-corrected chi connectivity index (χ3v) is 4.40. The Kier molecular flexibility index (Phi) is 7.40. The molecule has 0 aliphatic carbocycles. The molecule has 6 heteroatoms. The fraction of sp³-hybridized carbons (Fsp3) is 0.391. The van der Waals surface area contributed by atoms with Crippen molar-refractivity contribution in [1.29, 1.82) is 0 Å². The number of nitrogens with zero attached hydrogens (tertiary/aromatic N) is 1. The van der Waals surface area contributed by atoms with Crippen LogP contribution in [0.3, 0.4) is 0 Å². The quantitative estimate of drug-likeness (QED) is 0.704. The zero-order chi connectivity index (χ0) is 21.5. The van der Waals surface area contributed by atoms with Gasteiger partial charge in [-0.15, -0.1) is 0 Å². The van der Waals surface area contributed by atoms with Crippen LogP contribution in [0.15, 0.2) is 60.7 Å². The molecule has 2 aromatic carbocycles. The van der Waals surface area contributed by atoms with Crippen molar-refractivity contribution in [2.45, 2.75) is 51.4 Å². The van der Waals surface area contributed by atoms with Crippen molar-refractivity contribution in [3.05, 3.63) is 71.8 Å². The van der Waals surface area contributed by atoms with Crippen molar-refractivity contribution in [2.75, 3.05) is 6.54 Å². The van der Waals surface area contributed by atoms with Crippen LogP contribution >= 0.6 is 0 Å². The Labute approximate surface area is 171 Å². The minimum atomic E-state index is -1.99. The van der Waals surface area contributed by atoms with Crippen LogP contribution in [0.5, 0.6) is 0 Å². The summed E-state index contributed by atoms with van der Waals surface area (Å²) in [6.45, 7) is 5.62. The van der Waals surface area contributed by atoms with Gasteiger partial charge in [-0.05, 0) is 31.9 Å². The van der Waals surface area contributed by atoms with Gasteiger partial charge in [-0.2, -0.15) is 0 Å². The Hall–Kier alpha value is -2.86. The average Bonchev–Trinajstić information content (AvgIpc) is 2.65. The number of aliphatic carboxylic acids is 1. The number of carbonyl (C=O) groups is 2. The predicted molar refractivity (Wildman–Crippen MR) is 110 cm³/mol. The molecular formula is C23H29NO5. The first-order valence-corrected chi connectivity index (χ1v) is 9.61. The highest BCUT2D eigenvalue weighted by Crippen LogP contribution is 2.21. The Morgan fingerprint density at radius 3 is 1.93 bits per heavy atom. The maximum atomic E-state index is 12.7. The van der Waals surface area contributed by atoms with Gasteiger partial charge in [-0.25, -0.2) is 9.59 Å². The first-order chi connectivity index (χ1) is 13.6. The van der Waals surface area contributed by atoms with Gasteiger partial charge in [0.1, 0.15) is 5.60 Å². The number of ether oxygens (including phenoxy) is 1. The number of hydrogen-bond donors (Lipinski definition) is 2. The Morgan fingerprint density at radius 2 is 1.45 bits per heavy atom. The molecule has 0 saturated heterocycles. The summed E-state index contributed by atoms with van der Waals surface area (Å²) in [7, 11) is 0.